The first kappa shape index (κ1) is 12.3. The van der Waals surface area contributed by atoms with Gasteiger partial charge in [0.15, 0.2) is 0 Å². The molecule has 2 rings (SSSR count). The minimum Gasteiger partial charge on any atom is -0.354 e. The molecule has 6 nitrogen and oxygen atoms in total. The van der Waals surface area contributed by atoms with Crippen LogP contribution in [0.2, 0.25) is 0 Å². The van der Waals surface area contributed by atoms with Gasteiger partial charge in [-0.15, -0.1) is 0 Å². The number of hydrogen-bond acceptors (Lipinski definition) is 3. The lowest BCUT2D eigenvalue weighted by Crippen LogP contribution is -2.46. The number of nitrogens with one attached hydrogen (secondary N) is 3. The van der Waals surface area contributed by atoms with Gasteiger partial charge in [-0.25, -0.2) is 0 Å². The zero-order chi connectivity index (χ0) is 13.0. The van der Waals surface area contributed by atoms with Crippen LogP contribution < -0.4 is 16.2 Å². The van der Waals surface area contributed by atoms with Gasteiger partial charge < -0.3 is 15.6 Å². The summed E-state index contributed by atoms with van der Waals surface area (Å²) < 4.78 is 0. The van der Waals surface area contributed by atoms with Gasteiger partial charge in [-0.3, -0.25) is 14.4 Å². The summed E-state index contributed by atoms with van der Waals surface area (Å²) in [6.45, 7) is 0.636. The predicted octanol–water partition coefficient (Wildman–Crippen LogP) is -0.227. The molecule has 1 saturated heterocycles. The zero-order valence-corrected chi connectivity index (χ0v) is 9.86. The van der Waals surface area contributed by atoms with Crippen molar-refractivity contribution in [2.45, 2.75) is 25.3 Å². The SMILES string of the molecule is O=C(NC1CCCCNC1=O)c1ccc[nH]c1=O. The molecule has 6 heteroatoms. The fourth-order valence-corrected chi connectivity index (χ4v) is 1.91. The second-order valence-electron chi connectivity index (χ2n) is 4.23. The van der Waals surface area contributed by atoms with Crippen molar-refractivity contribution in [1.29, 1.82) is 0 Å². The molecule has 18 heavy (non-hydrogen) atoms. The first-order valence-electron chi connectivity index (χ1n) is 5.95. The van der Waals surface area contributed by atoms with Gasteiger partial charge in [0.05, 0.1) is 0 Å². The number of carbonyl (C=O) groups excluding carboxylic acids is 2. The molecule has 1 aliphatic rings. The molecule has 0 radical (unpaired) electrons. The Kier molecular flexibility index (Phi) is 3.76. The Morgan fingerprint density at radius 1 is 1.33 bits per heavy atom. The second-order valence-corrected chi connectivity index (χ2v) is 4.23. The van der Waals surface area contributed by atoms with Crippen LogP contribution in [-0.4, -0.2) is 29.4 Å². The molecule has 1 unspecified atom stereocenters. The molecule has 1 fully saturated rings. The Balaban J connectivity index is 2.09. The van der Waals surface area contributed by atoms with Crippen LogP contribution in [0.1, 0.15) is 29.6 Å². The molecule has 0 bridgehead atoms. The first-order chi connectivity index (χ1) is 8.68. The van der Waals surface area contributed by atoms with Crippen molar-refractivity contribution in [2.24, 2.45) is 0 Å². The Morgan fingerprint density at radius 2 is 2.17 bits per heavy atom. The maximum absolute atomic E-state index is 11.9. The van der Waals surface area contributed by atoms with Crippen molar-refractivity contribution in [3.63, 3.8) is 0 Å². The van der Waals surface area contributed by atoms with E-state index in [1.165, 1.54) is 12.3 Å². The first-order valence-corrected chi connectivity index (χ1v) is 5.95. The molecule has 0 aliphatic carbocycles. The predicted molar refractivity (Wildman–Crippen MR) is 65.2 cm³/mol. The van der Waals surface area contributed by atoms with Crippen molar-refractivity contribution in [3.8, 4) is 0 Å². The average Bonchev–Trinajstić information content (AvgIpc) is 2.55. The van der Waals surface area contributed by atoms with Crippen LogP contribution in [0, 0.1) is 0 Å². The highest BCUT2D eigenvalue weighted by molar-refractivity contribution is 5.97. The third-order valence-electron chi connectivity index (χ3n) is 2.90. The molecular weight excluding hydrogens is 234 g/mol. The normalized spacial score (nSPS) is 19.8. The minimum absolute atomic E-state index is 0.0227. The lowest BCUT2D eigenvalue weighted by molar-refractivity contribution is -0.122. The maximum atomic E-state index is 11.9. The van der Waals surface area contributed by atoms with Crippen LogP contribution in [0.25, 0.3) is 0 Å². The summed E-state index contributed by atoms with van der Waals surface area (Å²) in [6.07, 6.45) is 3.83. The van der Waals surface area contributed by atoms with Crippen molar-refractivity contribution in [1.82, 2.24) is 15.6 Å². The minimum atomic E-state index is -0.556. The zero-order valence-electron chi connectivity index (χ0n) is 9.86. The summed E-state index contributed by atoms with van der Waals surface area (Å²) >= 11 is 0. The van der Waals surface area contributed by atoms with E-state index in [9.17, 15) is 14.4 Å². The van der Waals surface area contributed by atoms with E-state index in [2.05, 4.69) is 15.6 Å². The van der Waals surface area contributed by atoms with Crippen molar-refractivity contribution in [3.05, 3.63) is 34.2 Å². The van der Waals surface area contributed by atoms with Crippen molar-refractivity contribution < 1.29 is 9.59 Å². The van der Waals surface area contributed by atoms with E-state index in [1.807, 2.05) is 0 Å². The number of amides is 2. The summed E-state index contributed by atoms with van der Waals surface area (Å²) in [4.78, 5) is 37.4. The third kappa shape index (κ3) is 2.77. The molecular formula is C12H15N3O3. The van der Waals surface area contributed by atoms with E-state index < -0.39 is 17.5 Å². The molecule has 3 N–H and O–H groups in total. The van der Waals surface area contributed by atoms with Gasteiger partial charge in [0.2, 0.25) is 5.91 Å². The Bertz CT molecular complexity index is 509. The fourth-order valence-electron chi connectivity index (χ4n) is 1.91. The summed E-state index contributed by atoms with van der Waals surface area (Å²) in [5.41, 5.74) is -0.432. The third-order valence-corrected chi connectivity index (χ3v) is 2.90. The maximum Gasteiger partial charge on any atom is 0.260 e. The van der Waals surface area contributed by atoms with Crippen LogP contribution in [0.15, 0.2) is 23.1 Å². The molecule has 0 saturated carbocycles. The number of aromatic amines is 1. The second kappa shape index (κ2) is 5.48. The standard InChI is InChI=1S/C12H15N3O3/c16-10-8(4-3-7-13-10)11(17)15-9-5-1-2-6-14-12(9)18/h3-4,7,9H,1-2,5-6H2,(H,13,16)(H,14,18)(H,15,17). The summed E-state index contributed by atoms with van der Waals surface area (Å²) in [6, 6.07) is 2.45. The molecule has 1 aromatic heterocycles. The highest BCUT2D eigenvalue weighted by Crippen LogP contribution is 2.05. The van der Waals surface area contributed by atoms with E-state index in [1.54, 1.807) is 6.07 Å². The number of hydrogen-bond donors (Lipinski definition) is 3. The van der Waals surface area contributed by atoms with Crippen LogP contribution in [0.3, 0.4) is 0 Å². The number of carbonyl (C=O) groups is 2. The van der Waals surface area contributed by atoms with Gasteiger partial charge in [0, 0.05) is 12.7 Å². The monoisotopic (exact) mass is 249 g/mol. The van der Waals surface area contributed by atoms with Crippen LogP contribution in [0.4, 0.5) is 0 Å². The molecule has 0 spiro atoms. The Morgan fingerprint density at radius 3 is 2.94 bits per heavy atom. The summed E-state index contributed by atoms with van der Waals surface area (Å²) in [5.74, 6) is -0.702. The number of pyridine rings is 1. The van der Waals surface area contributed by atoms with E-state index in [0.717, 1.165) is 12.8 Å². The number of rotatable bonds is 2. The Labute approximate surface area is 104 Å². The van der Waals surface area contributed by atoms with Crippen LogP contribution >= 0.6 is 0 Å². The van der Waals surface area contributed by atoms with Gasteiger partial charge in [-0.05, 0) is 31.4 Å². The topological polar surface area (TPSA) is 91.1 Å². The van der Waals surface area contributed by atoms with Gasteiger partial charge in [0.25, 0.3) is 11.5 Å². The molecule has 0 aromatic carbocycles. The number of H-pyrrole nitrogens is 1. The lowest BCUT2D eigenvalue weighted by Gasteiger charge is -2.14. The van der Waals surface area contributed by atoms with E-state index >= 15 is 0 Å². The smallest absolute Gasteiger partial charge is 0.260 e. The number of aromatic nitrogens is 1. The van der Waals surface area contributed by atoms with Gasteiger partial charge in [0.1, 0.15) is 11.6 Å². The largest absolute Gasteiger partial charge is 0.354 e. The van der Waals surface area contributed by atoms with Gasteiger partial charge >= 0.3 is 0 Å². The van der Waals surface area contributed by atoms with E-state index in [4.69, 9.17) is 0 Å². The quantitative estimate of drug-likeness (QED) is 0.676. The molecule has 96 valence electrons. The van der Waals surface area contributed by atoms with Crippen LogP contribution in [-0.2, 0) is 4.79 Å². The molecule has 2 heterocycles. The van der Waals surface area contributed by atoms with Gasteiger partial charge in [-0.2, -0.15) is 0 Å². The summed E-state index contributed by atoms with van der Waals surface area (Å²) in [5, 5.41) is 5.32. The van der Waals surface area contributed by atoms with E-state index in [-0.39, 0.29) is 11.5 Å². The lowest BCUT2D eigenvalue weighted by atomic mass is 10.1. The Hall–Kier alpha value is -2.11. The molecule has 1 atom stereocenters. The van der Waals surface area contributed by atoms with E-state index in [0.29, 0.717) is 13.0 Å². The summed E-state index contributed by atoms with van der Waals surface area (Å²) in [7, 11) is 0. The average molecular weight is 249 g/mol. The molecule has 1 aliphatic heterocycles. The highest BCUT2D eigenvalue weighted by atomic mass is 16.2. The highest BCUT2D eigenvalue weighted by Gasteiger charge is 2.23. The van der Waals surface area contributed by atoms with Crippen molar-refractivity contribution in [2.75, 3.05) is 6.54 Å². The fraction of sp³-hybridized carbons (Fsp3) is 0.417. The molecule has 2 amide bonds. The van der Waals surface area contributed by atoms with Crippen LogP contribution in [0.5, 0.6) is 0 Å². The van der Waals surface area contributed by atoms with Gasteiger partial charge in [-0.1, -0.05) is 0 Å². The van der Waals surface area contributed by atoms with Crippen molar-refractivity contribution >= 4 is 11.8 Å². The molecule has 1 aromatic rings.